The Kier molecular flexibility index (Phi) is 7.92. The Labute approximate surface area is 202 Å². The minimum atomic E-state index is -0.429. The van der Waals surface area contributed by atoms with Gasteiger partial charge < -0.3 is 33.2 Å². The molecule has 0 aromatic carbocycles. The monoisotopic (exact) mass is 480 g/mol. The van der Waals surface area contributed by atoms with Gasteiger partial charge >= 0.3 is 5.97 Å². The summed E-state index contributed by atoms with van der Waals surface area (Å²) in [6.45, 7) is 7.08. The maximum Gasteiger partial charge on any atom is 0.306 e. The number of carbonyl (C=O) groups excluding carboxylic acids is 1. The summed E-state index contributed by atoms with van der Waals surface area (Å²) in [5, 5.41) is 0. The van der Waals surface area contributed by atoms with Gasteiger partial charge in [-0.15, -0.1) is 0 Å². The zero-order valence-corrected chi connectivity index (χ0v) is 20.5. The molecule has 4 saturated heterocycles. The largest absolute Gasteiger partial charge is 0.462 e. The van der Waals surface area contributed by atoms with E-state index >= 15 is 0 Å². The van der Waals surface area contributed by atoms with E-state index < -0.39 is 6.29 Å². The zero-order chi connectivity index (χ0) is 23.5. The second-order valence-corrected chi connectivity index (χ2v) is 11.1. The van der Waals surface area contributed by atoms with E-state index in [-0.39, 0.29) is 54.1 Å². The predicted octanol–water partition coefficient (Wildman–Crippen LogP) is 3.72. The molecular formula is C26H40O8. The SMILES string of the molecule is CC1(C)COC(C/C=C/[C@@H]2[C@H]3CC(=O)O[C@H]3C[C@H]2OC2OCCC[C@H]2OC2CCCCO2)OC1. The highest BCUT2D eigenvalue weighted by atomic mass is 16.7. The van der Waals surface area contributed by atoms with Crippen LogP contribution in [-0.4, -0.2) is 69.6 Å². The summed E-state index contributed by atoms with van der Waals surface area (Å²) in [6.07, 6.45) is 9.90. The molecular weight excluding hydrogens is 440 g/mol. The summed E-state index contributed by atoms with van der Waals surface area (Å²) in [5.41, 5.74) is 0.0562. The molecule has 5 fully saturated rings. The lowest BCUT2D eigenvalue weighted by Gasteiger charge is -2.37. The average molecular weight is 481 g/mol. The summed E-state index contributed by atoms with van der Waals surface area (Å²) in [6, 6.07) is 0. The number of ether oxygens (including phenoxy) is 7. The van der Waals surface area contributed by atoms with Crippen molar-refractivity contribution >= 4 is 5.97 Å². The molecule has 1 aliphatic carbocycles. The summed E-state index contributed by atoms with van der Waals surface area (Å²) in [5.74, 6) is 0.0942. The Morgan fingerprint density at radius 2 is 1.79 bits per heavy atom. The van der Waals surface area contributed by atoms with Crippen LogP contribution >= 0.6 is 0 Å². The number of hydrogen-bond donors (Lipinski definition) is 0. The van der Waals surface area contributed by atoms with Crippen molar-refractivity contribution in [3.63, 3.8) is 0 Å². The molecule has 0 spiro atoms. The van der Waals surface area contributed by atoms with Gasteiger partial charge in [0.1, 0.15) is 12.2 Å². The lowest BCUT2D eigenvalue weighted by Crippen LogP contribution is -2.44. The molecule has 0 radical (unpaired) electrons. The van der Waals surface area contributed by atoms with E-state index in [9.17, 15) is 4.79 Å². The topological polar surface area (TPSA) is 81.7 Å². The molecule has 0 aromatic heterocycles. The third-order valence-corrected chi connectivity index (χ3v) is 7.55. The van der Waals surface area contributed by atoms with Crippen molar-refractivity contribution < 1.29 is 38.0 Å². The molecule has 8 nitrogen and oxygen atoms in total. The molecule has 4 heterocycles. The first-order chi connectivity index (χ1) is 16.5. The van der Waals surface area contributed by atoms with Crippen LogP contribution in [0, 0.1) is 17.3 Å². The van der Waals surface area contributed by atoms with Crippen LogP contribution in [0.15, 0.2) is 12.2 Å². The van der Waals surface area contributed by atoms with Crippen LogP contribution in [0.4, 0.5) is 0 Å². The average Bonchev–Trinajstić information content (AvgIpc) is 3.33. The lowest BCUT2D eigenvalue weighted by molar-refractivity contribution is -0.288. The number of esters is 1. The van der Waals surface area contributed by atoms with Crippen LogP contribution < -0.4 is 0 Å². The standard InChI is InChI=1S/C26H40O8/c1-26(2)15-30-23(31-16-26)10-5-7-17-18-13-22(27)32-21(18)14-20(17)34-25-19(8-6-12-29-25)33-24-9-3-4-11-28-24/h5,7,17-21,23-25H,3-4,6,8-16H2,1-2H3/b7-5+/t17-,18-,19-,20-,21+,24?,25?/m1/s1. The molecule has 8 heteroatoms. The van der Waals surface area contributed by atoms with Gasteiger partial charge in [-0.1, -0.05) is 26.0 Å². The number of fused-ring (bicyclic) bond motifs is 1. The molecule has 0 N–H and O–H groups in total. The van der Waals surface area contributed by atoms with Gasteiger partial charge in [0.2, 0.25) is 0 Å². The van der Waals surface area contributed by atoms with E-state index in [1.54, 1.807) is 0 Å². The van der Waals surface area contributed by atoms with E-state index in [1.807, 2.05) is 0 Å². The van der Waals surface area contributed by atoms with Crippen molar-refractivity contribution in [3.05, 3.63) is 12.2 Å². The third-order valence-electron chi connectivity index (χ3n) is 7.55. The van der Waals surface area contributed by atoms with Crippen molar-refractivity contribution in [1.29, 1.82) is 0 Å². The summed E-state index contributed by atoms with van der Waals surface area (Å²) >= 11 is 0. The maximum atomic E-state index is 12.0. The van der Waals surface area contributed by atoms with E-state index in [4.69, 9.17) is 33.2 Å². The molecule has 5 aliphatic rings. The van der Waals surface area contributed by atoms with Gasteiger partial charge in [-0.3, -0.25) is 4.79 Å². The highest BCUT2D eigenvalue weighted by Gasteiger charge is 2.51. The Morgan fingerprint density at radius 1 is 0.971 bits per heavy atom. The van der Waals surface area contributed by atoms with Crippen LogP contribution in [0.5, 0.6) is 0 Å². The minimum Gasteiger partial charge on any atom is -0.462 e. The highest BCUT2D eigenvalue weighted by molar-refractivity contribution is 5.72. The number of hydrogen-bond acceptors (Lipinski definition) is 8. The second-order valence-electron chi connectivity index (χ2n) is 11.1. The number of rotatable bonds is 7. The lowest BCUT2D eigenvalue weighted by atomic mass is 9.91. The van der Waals surface area contributed by atoms with Crippen LogP contribution in [0.1, 0.15) is 65.2 Å². The van der Waals surface area contributed by atoms with Crippen molar-refractivity contribution in [2.24, 2.45) is 17.3 Å². The van der Waals surface area contributed by atoms with Gasteiger partial charge in [-0.05, 0) is 32.1 Å². The first-order valence-electron chi connectivity index (χ1n) is 13.1. The smallest absolute Gasteiger partial charge is 0.306 e. The normalized spacial score (nSPS) is 41.0. The molecule has 1 saturated carbocycles. The quantitative estimate of drug-likeness (QED) is 0.403. The second kappa shape index (κ2) is 10.9. The fourth-order valence-electron chi connectivity index (χ4n) is 5.69. The van der Waals surface area contributed by atoms with E-state index in [2.05, 4.69) is 26.0 Å². The van der Waals surface area contributed by atoms with Crippen molar-refractivity contribution in [2.75, 3.05) is 26.4 Å². The zero-order valence-electron chi connectivity index (χ0n) is 20.5. The van der Waals surface area contributed by atoms with Gasteiger partial charge in [-0.25, -0.2) is 0 Å². The van der Waals surface area contributed by atoms with Crippen molar-refractivity contribution in [3.8, 4) is 0 Å². The first-order valence-corrected chi connectivity index (χ1v) is 13.1. The summed E-state index contributed by atoms with van der Waals surface area (Å²) < 4.78 is 42.0. The minimum absolute atomic E-state index is 0.0562. The van der Waals surface area contributed by atoms with Crippen LogP contribution in [0.25, 0.3) is 0 Å². The van der Waals surface area contributed by atoms with Crippen LogP contribution in [0.2, 0.25) is 0 Å². The molecule has 2 unspecified atom stereocenters. The van der Waals surface area contributed by atoms with Gasteiger partial charge in [0.25, 0.3) is 0 Å². The highest BCUT2D eigenvalue weighted by Crippen LogP contribution is 2.44. The van der Waals surface area contributed by atoms with Gasteiger partial charge in [0.15, 0.2) is 18.9 Å². The summed E-state index contributed by atoms with van der Waals surface area (Å²) in [4.78, 5) is 12.0. The maximum absolute atomic E-state index is 12.0. The Morgan fingerprint density at radius 3 is 2.59 bits per heavy atom. The van der Waals surface area contributed by atoms with E-state index in [0.29, 0.717) is 39.1 Å². The third kappa shape index (κ3) is 6.02. The number of carbonyl (C=O) groups is 1. The Hall–Kier alpha value is -1.03. The molecule has 0 amide bonds. The Bertz CT molecular complexity index is 708. The Balaban J connectivity index is 1.20. The van der Waals surface area contributed by atoms with Gasteiger partial charge in [-0.2, -0.15) is 0 Å². The van der Waals surface area contributed by atoms with Crippen molar-refractivity contribution in [1.82, 2.24) is 0 Å². The fraction of sp³-hybridized carbons (Fsp3) is 0.885. The van der Waals surface area contributed by atoms with Gasteiger partial charge in [0.05, 0.1) is 25.7 Å². The first kappa shape index (κ1) is 24.7. The molecule has 5 rings (SSSR count). The van der Waals surface area contributed by atoms with Crippen LogP contribution in [-0.2, 0) is 38.0 Å². The summed E-state index contributed by atoms with van der Waals surface area (Å²) in [7, 11) is 0. The van der Waals surface area contributed by atoms with Crippen molar-refractivity contribution in [2.45, 2.75) is 102 Å². The molecule has 192 valence electrons. The fourth-order valence-corrected chi connectivity index (χ4v) is 5.69. The molecule has 0 aromatic rings. The molecule has 7 atom stereocenters. The van der Waals surface area contributed by atoms with E-state index in [1.165, 1.54) is 0 Å². The van der Waals surface area contributed by atoms with Gasteiger partial charge in [0, 0.05) is 43.3 Å². The molecule has 34 heavy (non-hydrogen) atoms. The molecule has 4 aliphatic heterocycles. The van der Waals surface area contributed by atoms with E-state index in [0.717, 1.165) is 38.7 Å². The predicted molar refractivity (Wildman–Crippen MR) is 122 cm³/mol. The molecule has 0 bridgehead atoms. The van der Waals surface area contributed by atoms with Crippen LogP contribution in [0.3, 0.4) is 0 Å².